The van der Waals surface area contributed by atoms with Gasteiger partial charge in [-0.3, -0.25) is 4.79 Å². The Morgan fingerprint density at radius 1 is 1.33 bits per heavy atom. The molecule has 0 spiro atoms. The number of fused-ring (bicyclic) bond motifs is 1. The van der Waals surface area contributed by atoms with Gasteiger partial charge in [0.15, 0.2) is 0 Å². The molecule has 8 nitrogen and oxygen atoms in total. The highest BCUT2D eigenvalue weighted by atomic mass is 32.1. The van der Waals surface area contributed by atoms with Crippen LogP contribution in [-0.2, 0) is 4.79 Å². The lowest BCUT2D eigenvalue weighted by molar-refractivity contribution is -0.116. The van der Waals surface area contributed by atoms with Crippen molar-refractivity contribution >= 4 is 33.9 Å². The number of hydrogen-bond donors (Lipinski definition) is 1. The smallest absolute Gasteiger partial charge is 0.336 e. The summed E-state index contributed by atoms with van der Waals surface area (Å²) in [4.78, 5) is 24.2. The first-order valence-electron chi connectivity index (χ1n) is 8.19. The first kappa shape index (κ1) is 17.1. The number of nitrogens with one attached hydrogen (secondary N) is 1. The molecular weight excluding hydrogens is 366 g/mol. The molecule has 0 radical (unpaired) electrons. The van der Waals surface area contributed by atoms with Crippen LogP contribution in [0.5, 0.6) is 0 Å². The number of carbonyl (C=O) groups excluding carboxylic acids is 1. The van der Waals surface area contributed by atoms with E-state index in [-0.39, 0.29) is 18.4 Å². The van der Waals surface area contributed by atoms with Crippen LogP contribution in [0.4, 0.5) is 5.69 Å². The van der Waals surface area contributed by atoms with Gasteiger partial charge in [-0.25, -0.2) is 9.48 Å². The van der Waals surface area contributed by atoms with Gasteiger partial charge in [-0.1, -0.05) is 0 Å². The first-order valence-corrected chi connectivity index (χ1v) is 9.13. The topological polar surface area (TPSA) is 103 Å². The summed E-state index contributed by atoms with van der Waals surface area (Å²) in [7, 11) is 0. The maximum absolute atomic E-state index is 12.6. The molecule has 0 bridgehead atoms. The zero-order chi connectivity index (χ0) is 18.8. The van der Waals surface area contributed by atoms with Gasteiger partial charge >= 0.3 is 5.63 Å². The van der Waals surface area contributed by atoms with Crippen LogP contribution in [0, 0.1) is 6.92 Å². The maximum Gasteiger partial charge on any atom is 0.336 e. The Hall–Kier alpha value is -3.33. The van der Waals surface area contributed by atoms with Crippen molar-refractivity contribution in [2.75, 3.05) is 5.32 Å². The molecule has 0 aliphatic heterocycles. The SMILES string of the molecule is Cc1cc(=O)oc2cc(NC(=O)CC(c3ccsc3)n3cnnn3)ccc12. The molecule has 0 saturated heterocycles. The van der Waals surface area contributed by atoms with Crippen LogP contribution in [0.25, 0.3) is 11.0 Å². The summed E-state index contributed by atoms with van der Waals surface area (Å²) in [5.74, 6) is -0.198. The number of rotatable bonds is 5. The third-order valence-electron chi connectivity index (χ3n) is 4.23. The number of tetrazole rings is 1. The van der Waals surface area contributed by atoms with Crippen LogP contribution in [-0.4, -0.2) is 26.1 Å². The average molecular weight is 381 g/mol. The molecule has 27 heavy (non-hydrogen) atoms. The highest BCUT2D eigenvalue weighted by Gasteiger charge is 2.20. The number of aromatic nitrogens is 4. The summed E-state index contributed by atoms with van der Waals surface area (Å²) >= 11 is 1.54. The molecule has 1 aromatic carbocycles. The van der Waals surface area contributed by atoms with Crippen LogP contribution in [0.15, 0.2) is 56.6 Å². The van der Waals surface area contributed by atoms with Crippen molar-refractivity contribution < 1.29 is 9.21 Å². The van der Waals surface area contributed by atoms with Gasteiger partial charge in [-0.05, 0) is 57.4 Å². The van der Waals surface area contributed by atoms with Gasteiger partial charge in [-0.2, -0.15) is 11.3 Å². The number of carbonyl (C=O) groups is 1. The first-order chi connectivity index (χ1) is 13.1. The lowest BCUT2D eigenvalue weighted by Gasteiger charge is -2.15. The number of amides is 1. The molecule has 3 aromatic heterocycles. The minimum atomic E-state index is -0.417. The molecule has 4 aromatic rings. The Kier molecular flexibility index (Phi) is 4.51. The molecule has 1 N–H and O–H groups in total. The van der Waals surface area contributed by atoms with E-state index in [1.54, 1.807) is 28.2 Å². The van der Waals surface area contributed by atoms with E-state index in [1.165, 1.54) is 12.4 Å². The second kappa shape index (κ2) is 7.12. The molecule has 1 unspecified atom stereocenters. The van der Waals surface area contributed by atoms with E-state index in [2.05, 4.69) is 20.8 Å². The predicted molar refractivity (Wildman–Crippen MR) is 101 cm³/mol. The van der Waals surface area contributed by atoms with E-state index in [4.69, 9.17) is 4.42 Å². The Labute approximate surface area is 157 Å². The third kappa shape index (κ3) is 3.63. The molecule has 1 amide bonds. The molecule has 0 saturated carbocycles. The highest BCUT2D eigenvalue weighted by Crippen LogP contribution is 2.25. The molecule has 1 atom stereocenters. The number of anilines is 1. The molecule has 0 aliphatic rings. The fourth-order valence-corrected chi connectivity index (χ4v) is 3.64. The van der Waals surface area contributed by atoms with E-state index in [1.807, 2.05) is 29.8 Å². The maximum atomic E-state index is 12.6. The Morgan fingerprint density at radius 3 is 2.96 bits per heavy atom. The van der Waals surface area contributed by atoms with Gasteiger partial charge in [0.05, 0.1) is 12.5 Å². The summed E-state index contributed by atoms with van der Waals surface area (Å²) in [6.45, 7) is 1.84. The van der Waals surface area contributed by atoms with Gasteiger partial charge in [0.1, 0.15) is 11.9 Å². The second-order valence-corrected chi connectivity index (χ2v) is 6.85. The fourth-order valence-electron chi connectivity index (χ4n) is 2.93. The summed E-state index contributed by atoms with van der Waals surface area (Å²) in [6.07, 6.45) is 1.65. The van der Waals surface area contributed by atoms with Crippen molar-refractivity contribution in [1.29, 1.82) is 0 Å². The average Bonchev–Trinajstić information content (AvgIpc) is 3.33. The fraction of sp³-hybridized carbons (Fsp3) is 0.167. The largest absolute Gasteiger partial charge is 0.423 e. The standard InChI is InChI=1S/C18H15N5O3S/c1-11-6-18(25)26-16-7-13(2-3-14(11)16)20-17(24)8-15(12-4-5-27-9-12)23-10-19-21-22-23/h2-7,9-10,15H,8H2,1H3,(H,20,24). The molecule has 136 valence electrons. The lowest BCUT2D eigenvalue weighted by Crippen LogP contribution is -2.20. The number of nitrogens with zero attached hydrogens (tertiary/aromatic N) is 4. The van der Waals surface area contributed by atoms with Crippen molar-refractivity contribution in [3.63, 3.8) is 0 Å². The lowest BCUT2D eigenvalue weighted by atomic mass is 10.1. The van der Waals surface area contributed by atoms with Crippen LogP contribution < -0.4 is 10.9 Å². The summed E-state index contributed by atoms with van der Waals surface area (Å²) in [5, 5.41) is 18.8. The van der Waals surface area contributed by atoms with Crippen molar-refractivity contribution in [1.82, 2.24) is 20.2 Å². The summed E-state index contributed by atoms with van der Waals surface area (Å²) in [6, 6.07) is 8.34. The minimum Gasteiger partial charge on any atom is -0.423 e. The summed E-state index contributed by atoms with van der Waals surface area (Å²) in [5.41, 5.74) is 2.37. The molecule has 4 rings (SSSR count). The predicted octanol–water partition coefficient (Wildman–Crippen LogP) is 2.77. The van der Waals surface area contributed by atoms with Crippen molar-refractivity contribution in [3.8, 4) is 0 Å². The van der Waals surface area contributed by atoms with Gasteiger partial charge in [0, 0.05) is 23.2 Å². The Morgan fingerprint density at radius 2 is 2.22 bits per heavy atom. The van der Waals surface area contributed by atoms with Crippen LogP contribution in [0.3, 0.4) is 0 Å². The molecule has 0 fully saturated rings. The van der Waals surface area contributed by atoms with E-state index in [0.717, 1.165) is 16.5 Å². The van der Waals surface area contributed by atoms with Gasteiger partial charge in [0.2, 0.25) is 5.91 Å². The van der Waals surface area contributed by atoms with Crippen LogP contribution in [0.1, 0.15) is 23.6 Å². The number of benzene rings is 1. The van der Waals surface area contributed by atoms with E-state index in [0.29, 0.717) is 11.3 Å². The monoisotopic (exact) mass is 381 g/mol. The van der Waals surface area contributed by atoms with E-state index < -0.39 is 5.63 Å². The number of hydrogen-bond acceptors (Lipinski definition) is 7. The Bertz CT molecular complexity index is 1100. The number of thiophene rings is 1. The van der Waals surface area contributed by atoms with Gasteiger partial charge in [-0.15, -0.1) is 5.10 Å². The van der Waals surface area contributed by atoms with Gasteiger partial charge < -0.3 is 9.73 Å². The van der Waals surface area contributed by atoms with Gasteiger partial charge in [0.25, 0.3) is 0 Å². The molecular formula is C18H15N5O3S. The van der Waals surface area contributed by atoms with E-state index >= 15 is 0 Å². The Balaban J connectivity index is 1.56. The number of aryl methyl sites for hydroxylation is 1. The molecule has 0 aliphatic carbocycles. The van der Waals surface area contributed by atoms with Crippen molar-refractivity contribution in [2.45, 2.75) is 19.4 Å². The van der Waals surface area contributed by atoms with Crippen molar-refractivity contribution in [2.24, 2.45) is 0 Å². The second-order valence-electron chi connectivity index (χ2n) is 6.07. The molecule has 9 heteroatoms. The highest BCUT2D eigenvalue weighted by molar-refractivity contribution is 7.08. The zero-order valence-electron chi connectivity index (χ0n) is 14.3. The summed E-state index contributed by atoms with van der Waals surface area (Å²) < 4.78 is 6.79. The van der Waals surface area contributed by atoms with Crippen LogP contribution in [0.2, 0.25) is 0 Å². The normalized spacial score (nSPS) is 12.2. The zero-order valence-corrected chi connectivity index (χ0v) is 15.1. The van der Waals surface area contributed by atoms with Crippen molar-refractivity contribution in [3.05, 3.63) is 69.0 Å². The van der Waals surface area contributed by atoms with E-state index in [9.17, 15) is 9.59 Å². The quantitative estimate of drug-likeness (QED) is 0.533. The third-order valence-corrected chi connectivity index (χ3v) is 4.93. The van der Waals surface area contributed by atoms with Crippen LogP contribution >= 0.6 is 11.3 Å². The molecule has 3 heterocycles. The minimum absolute atomic E-state index is 0.164.